The molecular weight excluding hydrogens is 303 g/mol. The largest absolute Gasteiger partial charge is 0.293 e. The summed E-state index contributed by atoms with van der Waals surface area (Å²) in [4.78, 5) is 11.2. The van der Waals surface area contributed by atoms with E-state index in [0.717, 1.165) is 0 Å². The lowest BCUT2D eigenvalue weighted by Crippen LogP contribution is -2.15. The van der Waals surface area contributed by atoms with E-state index in [1.165, 1.54) is 24.3 Å². The van der Waals surface area contributed by atoms with Crippen LogP contribution in [0.2, 0.25) is 0 Å². The van der Waals surface area contributed by atoms with Crippen LogP contribution >= 0.6 is 31.9 Å². The molecule has 1 aromatic rings. The Morgan fingerprint density at radius 1 is 1.38 bits per heavy atom. The van der Waals surface area contributed by atoms with Gasteiger partial charge < -0.3 is 0 Å². The van der Waals surface area contributed by atoms with E-state index in [1.807, 2.05) is 0 Å². The fourth-order valence-electron chi connectivity index (χ4n) is 0.865. The first-order chi connectivity index (χ1) is 6.15. The second kappa shape index (κ2) is 4.86. The minimum absolute atomic E-state index is 0.0446. The van der Waals surface area contributed by atoms with Gasteiger partial charge in [-0.1, -0.05) is 31.9 Å². The Morgan fingerprint density at radius 2 is 1.92 bits per heavy atom. The van der Waals surface area contributed by atoms with Crippen molar-refractivity contribution in [3.05, 3.63) is 35.6 Å². The van der Waals surface area contributed by atoms with E-state index >= 15 is 0 Å². The van der Waals surface area contributed by atoms with E-state index in [0.29, 0.717) is 10.9 Å². The van der Waals surface area contributed by atoms with E-state index < -0.39 is 0 Å². The van der Waals surface area contributed by atoms with Gasteiger partial charge in [0.2, 0.25) is 0 Å². The molecule has 1 aromatic carbocycles. The predicted octanol–water partition coefficient (Wildman–Crippen LogP) is 3.17. The van der Waals surface area contributed by atoms with Crippen LogP contribution in [0.25, 0.3) is 0 Å². The van der Waals surface area contributed by atoms with Crippen molar-refractivity contribution in [2.45, 2.75) is 4.83 Å². The molecule has 1 nitrogen and oxygen atoms in total. The van der Waals surface area contributed by atoms with Crippen LogP contribution in [-0.4, -0.2) is 15.9 Å². The SMILES string of the molecule is O=C(c1ccc(F)cc1)C(Br)CBr. The molecule has 1 unspecified atom stereocenters. The van der Waals surface area contributed by atoms with Crippen molar-refractivity contribution in [2.75, 3.05) is 5.33 Å². The Kier molecular flexibility index (Phi) is 4.06. The number of halogens is 3. The van der Waals surface area contributed by atoms with Crippen molar-refractivity contribution >= 4 is 37.6 Å². The van der Waals surface area contributed by atoms with Gasteiger partial charge in [0.15, 0.2) is 5.78 Å². The summed E-state index contributed by atoms with van der Waals surface area (Å²) in [6.07, 6.45) is 0. The fourth-order valence-corrected chi connectivity index (χ4v) is 1.42. The van der Waals surface area contributed by atoms with Crippen LogP contribution in [0.15, 0.2) is 24.3 Å². The van der Waals surface area contributed by atoms with Crippen molar-refractivity contribution in [1.82, 2.24) is 0 Å². The second-order valence-electron chi connectivity index (χ2n) is 2.49. The Hall–Kier alpha value is -0.220. The topological polar surface area (TPSA) is 17.1 Å². The van der Waals surface area contributed by atoms with Crippen LogP contribution in [0, 0.1) is 5.82 Å². The molecule has 0 heterocycles. The van der Waals surface area contributed by atoms with Gasteiger partial charge in [0, 0.05) is 10.9 Å². The average Bonchev–Trinajstić information content (AvgIpc) is 2.17. The second-order valence-corrected chi connectivity index (χ2v) is 4.25. The van der Waals surface area contributed by atoms with Gasteiger partial charge in [0.25, 0.3) is 0 Å². The number of ketones is 1. The summed E-state index contributed by atoms with van der Waals surface area (Å²) in [5.74, 6) is -0.376. The molecule has 0 saturated carbocycles. The summed E-state index contributed by atoms with van der Waals surface area (Å²) >= 11 is 6.39. The van der Waals surface area contributed by atoms with Gasteiger partial charge in [-0.15, -0.1) is 0 Å². The van der Waals surface area contributed by atoms with E-state index in [4.69, 9.17) is 0 Å². The molecule has 70 valence electrons. The van der Waals surface area contributed by atoms with Gasteiger partial charge in [-0.25, -0.2) is 4.39 Å². The Labute approximate surface area is 92.6 Å². The van der Waals surface area contributed by atoms with Crippen LogP contribution in [0.3, 0.4) is 0 Å². The number of Topliss-reactive ketones (excluding diaryl/α,β-unsaturated/α-hetero) is 1. The molecule has 0 fully saturated rings. The first kappa shape index (κ1) is 10.9. The molecule has 0 aliphatic rings. The van der Waals surface area contributed by atoms with Gasteiger partial charge >= 0.3 is 0 Å². The molecular formula is C9H7Br2FO. The number of benzene rings is 1. The maximum Gasteiger partial charge on any atom is 0.177 e. The van der Waals surface area contributed by atoms with E-state index in [1.54, 1.807) is 0 Å². The monoisotopic (exact) mass is 308 g/mol. The lowest BCUT2D eigenvalue weighted by atomic mass is 10.1. The van der Waals surface area contributed by atoms with Crippen molar-refractivity contribution in [3.63, 3.8) is 0 Å². The molecule has 0 bridgehead atoms. The Balaban J connectivity index is 2.83. The molecule has 0 amide bonds. The van der Waals surface area contributed by atoms with Crippen molar-refractivity contribution < 1.29 is 9.18 Å². The van der Waals surface area contributed by atoms with Crippen molar-refractivity contribution in [2.24, 2.45) is 0 Å². The third-order valence-corrected chi connectivity index (χ3v) is 3.80. The van der Waals surface area contributed by atoms with Gasteiger partial charge in [-0.05, 0) is 24.3 Å². The molecule has 0 N–H and O–H groups in total. The smallest absolute Gasteiger partial charge is 0.177 e. The van der Waals surface area contributed by atoms with Crippen LogP contribution in [-0.2, 0) is 0 Å². The van der Waals surface area contributed by atoms with Crippen LogP contribution in [0.4, 0.5) is 4.39 Å². The molecule has 0 saturated heterocycles. The maximum absolute atomic E-state index is 12.5. The van der Waals surface area contributed by atoms with Crippen molar-refractivity contribution in [1.29, 1.82) is 0 Å². The molecule has 1 atom stereocenters. The third-order valence-electron chi connectivity index (χ3n) is 1.55. The standard InChI is InChI=1S/C9H7Br2FO/c10-5-8(11)9(13)6-1-3-7(12)4-2-6/h1-4,8H,5H2. The molecule has 13 heavy (non-hydrogen) atoms. The number of hydrogen-bond donors (Lipinski definition) is 0. The van der Waals surface area contributed by atoms with E-state index in [9.17, 15) is 9.18 Å². The first-order valence-electron chi connectivity index (χ1n) is 3.65. The molecule has 0 radical (unpaired) electrons. The van der Waals surface area contributed by atoms with E-state index in [-0.39, 0.29) is 16.4 Å². The minimum Gasteiger partial charge on any atom is -0.293 e. The zero-order chi connectivity index (χ0) is 9.84. The number of carbonyl (C=O) groups is 1. The highest BCUT2D eigenvalue weighted by molar-refractivity contribution is 9.12. The minimum atomic E-state index is -0.332. The zero-order valence-electron chi connectivity index (χ0n) is 6.64. The molecule has 0 aromatic heterocycles. The summed E-state index contributed by atoms with van der Waals surface area (Å²) in [6.45, 7) is 0. The van der Waals surface area contributed by atoms with Crippen LogP contribution in [0.5, 0.6) is 0 Å². The van der Waals surface area contributed by atoms with E-state index in [2.05, 4.69) is 31.9 Å². The van der Waals surface area contributed by atoms with Crippen LogP contribution < -0.4 is 0 Å². The highest BCUT2D eigenvalue weighted by Gasteiger charge is 2.14. The average molecular weight is 310 g/mol. The third kappa shape index (κ3) is 2.88. The summed E-state index contributed by atoms with van der Waals surface area (Å²) < 4.78 is 12.5. The van der Waals surface area contributed by atoms with Crippen LogP contribution in [0.1, 0.15) is 10.4 Å². The fraction of sp³-hybridized carbons (Fsp3) is 0.222. The molecule has 0 aliphatic carbocycles. The van der Waals surface area contributed by atoms with Gasteiger partial charge in [0.05, 0.1) is 4.83 Å². The number of rotatable bonds is 3. The quantitative estimate of drug-likeness (QED) is 0.619. The summed E-state index contributed by atoms with van der Waals surface area (Å²) in [7, 11) is 0. The number of alkyl halides is 2. The van der Waals surface area contributed by atoms with Crippen molar-refractivity contribution in [3.8, 4) is 0 Å². The molecule has 0 aliphatic heterocycles. The Morgan fingerprint density at radius 3 is 2.38 bits per heavy atom. The Bertz CT molecular complexity index is 297. The highest BCUT2D eigenvalue weighted by Crippen LogP contribution is 2.12. The highest BCUT2D eigenvalue weighted by atomic mass is 79.9. The maximum atomic E-state index is 12.5. The van der Waals surface area contributed by atoms with Gasteiger partial charge in [0.1, 0.15) is 5.82 Å². The molecule has 1 rings (SSSR count). The molecule has 0 spiro atoms. The number of hydrogen-bond acceptors (Lipinski definition) is 1. The first-order valence-corrected chi connectivity index (χ1v) is 5.68. The lowest BCUT2D eigenvalue weighted by Gasteiger charge is -2.04. The summed E-state index contributed by atoms with van der Waals surface area (Å²) in [6, 6.07) is 5.52. The zero-order valence-corrected chi connectivity index (χ0v) is 9.81. The normalized spacial score (nSPS) is 12.5. The van der Waals surface area contributed by atoms with Gasteiger partial charge in [-0.3, -0.25) is 4.79 Å². The lowest BCUT2D eigenvalue weighted by molar-refractivity contribution is 0.0997. The molecule has 4 heteroatoms. The predicted molar refractivity (Wildman–Crippen MR) is 57.2 cm³/mol. The summed E-state index contributed by atoms with van der Waals surface area (Å²) in [5.41, 5.74) is 0.516. The number of carbonyl (C=O) groups excluding carboxylic acids is 1. The summed E-state index contributed by atoms with van der Waals surface area (Å²) in [5, 5.41) is 0.545. The van der Waals surface area contributed by atoms with Gasteiger partial charge in [-0.2, -0.15) is 0 Å².